The second-order valence-corrected chi connectivity index (χ2v) is 11.4. The molecular weight excluding hydrogens is 535 g/mol. The van der Waals surface area contributed by atoms with E-state index in [1.54, 1.807) is 12.1 Å². The molecule has 1 heterocycles. The number of carbonyl (C=O) groups excluding carboxylic acids is 1. The fourth-order valence-electron chi connectivity index (χ4n) is 4.27. The molecule has 0 saturated carbocycles. The van der Waals surface area contributed by atoms with Crippen LogP contribution in [0.4, 0.5) is 5.69 Å². The van der Waals surface area contributed by atoms with Crippen LogP contribution < -0.4 is 5.32 Å². The Hall–Kier alpha value is -2.16. The van der Waals surface area contributed by atoms with Gasteiger partial charge in [0.25, 0.3) is 9.70 Å². The number of aliphatic hydroxyl groups excluding tert-OH is 1. The number of alkyl halides is 3. The minimum absolute atomic E-state index is 0.00832. The molecule has 1 saturated heterocycles. The van der Waals surface area contributed by atoms with Crippen molar-refractivity contribution in [2.24, 2.45) is 0 Å². The van der Waals surface area contributed by atoms with Crippen LogP contribution in [0.1, 0.15) is 41.1 Å². The van der Waals surface area contributed by atoms with Crippen LogP contribution in [0, 0.1) is 0 Å². The first kappa shape index (κ1) is 27.9. The van der Waals surface area contributed by atoms with E-state index >= 15 is 0 Å². The molecule has 2 N–H and O–H groups in total. The van der Waals surface area contributed by atoms with E-state index in [0.717, 1.165) is 29.8 Å². The van der Waals surface area contributed by atoms with E-state index in [1.165, 1.54) is 5.56 Å². The third-order valence-electron chi connectivity index (χ3n) is 6.12. The first-order valence-electron chi connectivity index (χ1n) is 11.9. The Kier molecular flexibility index (Phi) is 9.48. The van der Waals surface area contributed by atoms with Crippen molar-refractivity contribution in [3.8, 4) is 0 Å². The van der Waals surface area contributed by atoms with E-state index < -0.39 is 16.0 Å². The molecule has 3 aromatic rings. The van der Waals surface area contributed by atoms with Gasteiger partial charge in [-0.15, -0.1) is 0 Å². The van der Waals surface area contributed by atoms with Crippen molar-refractivity contribution >= 4 is 46.4 Å². The van der Waals surface area contributed by atoms with Crippen molar-refractivity contribution in [2.75, 3.05) is 18.9 Å². The van der Waals surface area contributed by atoms with Crippen molar-refractivity contribution in [3.05, 3.63) is 101 Å². The Morgan fingerprint density at radius 2 is 1.59 bits per heavy atom. The first-order valence-corrected chi connectivity index (χ1v) is 13.1. The Balaban J connectivity index is 1.50. The second kappa shape index (κ2) is 12.6. The number of hydrogen-bond donors (Lipinski definition) is 2. The average molecular weight is 564 g/mol. The molecule has 196 valence electrons. The van der Waals surface area contributed by atoms with Crippen molar-refractivity contribution in [2.45, 2.75) is 41.9 Å². The SMILES string of the molecule is CN(Cc1ccccc1)C[C@@H]1C[C@H](c2ccc(CO)cc2)O[C@H](c2ccc(NC(=O)C(Cl)(Cl)Cl)cc2)O1. The van der Waals surface area contributed by atoms with E-state index in [9.17, 15) is 9.90 Å². The smallest absolute Gasteiger partial charge is 0.276 e. The molecule has 0 bridgehead atoms. The van der Waals surface area contributed by atoms with Gasteiger partial charge in [-0.25, -0.2) is 0 Å². The molecule has 0 unspecified atom stereocenters. The van der Waals surface area contributed by atoms with Crippen molar-refractivity contribution in [3.63, 3.8) is 0 Å². The van der Waals surface area contributed by atoms with Crippen LogP contribution in [0.3, 0.4) is 0 Å². The zero-order valence-electron chi connectivity index (χ0n) is 20.3. The standard InChI is InChI=1S/C28H29Cl3N2O4/c1-33(16-19-5-3-2-4-6-19)17-24-15-25(21-9-7-20(18-34)8-10-21)37-26(36-24)22-11-13-23(14-12-22)32-27(35)28(29,30)31/h2-14,24-26,34H,15-18H2,1H3,(H,32,35)/t24-,25+,26+/m0/s1. The van der Waals surface area contributed by atoms with Gasteiger partial charge in [-0.3, -0.25) is 9.69 Å². The topological polar surface area (TPSA) is 71.0 Å². The van der Waals surface area contributed by atoms with E-state index in [4.69, 9.17) is 44.3 Å². The maximum atomic E-state index is 12.0. The molecule has 9 heteroatoms. The number of anilines is 1. The van der Waals surface area contributed by atoms with Crippen molar-refractivity contribution < 1.29 is 19.4 Å². The summed E-state index contributed by atoms with van der Waals surface area (Å²) in [5.41, 5.74) is 4.40. The average Bonchev–Trinajstić information content (AvgIpc) is 2.89. The molecule has 0 aliphatic carbocycles. The number of nitrogens with zero attached hydrogens (tertiary/aromatic N) is 1. The molecule has 1 aliphatic rings. The third-order valence-corrected chi connectivity index (χ3v) is 6.64. The summed E-state index contributed by atoms with van der Waals surface area (Å²) < 4.78 is 10.7. The minimum atomic E-state index is -2.05. The summed E-state index contributed by atoms with van der Waals surface area (Å²) in [6.45, 7) is 1.52. The molecule has 4 rings (SSSR count). The zero-order valence-corrected chi connectivity index (χ0v) is 22.6. The highest BCUT2D eigenvalue weighted by atomic mass is 35.6. The number of aliphatic hydroxyl groups is 1. The predicted molar refractivity (Wildman–Crippen MR) is 147 cm³/mol. The Morgan fingerprint density at radius 3 is 2.22 bits per heavy atom. The molecule has 0 aromatic heterocycles. The maximum absolute atomic E-state index is 12.0. The molecule has 1 amide bonds. The van der Waals surface area contributed by atoms with Crippen molar-refractivity contribution in [1.82, 2.24) is 4.90 Å². The fraction of sp³-hybridized carbons (Fsp3) is 0.321. The molecule has 0 spiro atoms. The molecule has 1 fully saturated rings. The van der Waals surface area contributed by atoms with E-state index in [-0.39, 0.29) is 18.8 Å². The van der Waals surface area contributed by atoms with Crippen LogP contribution in [0.25, 0.3) is 0 Å². The summed E-state index contributed by atoms with van der Waals surface area (Å²) in [6, 6.07) is 25.2. The van der Waals surface area contributed by atoms with Gasteiger partial charge in [0.2, 0.25) is 0 Å². The van der Waals surface area contributed by atoms with Gasteiger partial charge in [0.1, 0.15) is 0 Å². The highest BCUT2D eigenvalue weighted by molar-refractivity contribution is 6.76. The highest BCUT2D eigenvalue weighted by Crippen LogP contribution is 2.38. The monoisotopic (exact) mass is 562 g/mol. The van der Waals surface area contributed by atoms with Gasteiger partial charge in [-0.2, -0.15) is 0 Å². The quantitative estimate of drug-likeness (QED) is 0.321. The van der Waals surface area contributed by atoms with Crippen LogP contribution in [-0.4, -0.2) is 39.4 Å². The largest absolute Gasteiger partial charge is 0.392 e. The number of carbonyl (C=O) groups is 1. The number of likely N-dealkylation sites (N-methyl/N-ethyl adjacent to an activating group) is 1. The first-order chi connectivity index (χ1) is 17.7. The summed E-state index contributed by atoms with van der Waals surface area (Å²) in [4.78, 5) is 14.2. The number of nitrogens with one attached hydrogen (secondary N) is 1. The summed E-state index contributed by atoms with van der Waals surface area (Å²) in [5.74, 6) is -0.733. The number of ether oxygens (including phenoxy) is 2. The van der Waals surface area contributed by atoms with Gasteiger partial charge in [-0.1, -0.05) is 102 Å². The van der Waals surface area contributed by atoms with Gasteiger partial charge < -0.3 is 19.9 Å². The van der Waals surface area contributed by atoms with Gasteiger partial charge in [0.15, 0.2) is 6.29 Å². The third kappa shape index (κ3) is 7.91. The summed E-state index contributed by atoms with van der Waals surface area (Å²) >= 11 is 16.9. The molecule has 6 nitrogen and oxygen atoms in total. The normalized spacial score (nSPS) is 20.1. The van der Waals surface area contributed by atoms with Gasteiger partial charge in [-0.05, 0) is 35.9 Å². The number of halogens is 3. The van der Waals surface area contributed by atoms with Crippen LogP contribution >= 0.6 is 34.8 Å². The zero-order chi connectivity index (χ0) is 26.4. The highest BCUT2D eigenvalue weighted by Gasteiger charge is 2.33. The lowest BCUT2D eigenvalue weighted by Gasteiger charge is -2.38. The Bertz CT molecular complexity index is 1150. The van der Waals surface area contributed by atoms with Crippen molar-refractivity contribution in [1.29, 1.82) is 0 Å². The van der Waals surface area contributed by atoms with E-state index in [2.05, 4.69) is 29.4 Å². The lowest BCUT2D eigenvalue weighted by atomic mass is 9.99. The van der Waals surface area contributed by atoms with Gasteiger partial charge in [0.05, 0.1) is 18.8 Å². The summed E-state index contributed by atoms with van der Waals surface area (Å²) in [7, 11) is 2.08. The number of benzene rings is 3. The maximum Gasteiger partial charge on any atom is 0.276 e. The summed E-state index contributed by atoms with van der Waals surface area (Å²) in [5, 5.41) is 12.0. The predicted octanol–water partition coefficient (Wildman–Crippen LogP) is 6.17. The lowest BCUT2D eigenvalue weighted by Crippen LogP contribution is -2.37. The Labute approximate surface area is 232 Å². The molecule has 0 radical (unpaired) electrons. The molecule has 3 aromatic carbocycles. The van der Waals surface area contributed by atoms with E-state index in [1.807, 2.05) is 54.6 Å². The minimum Gasteiger partial charge on any atom is -0.392 e. The Morgan fingerprint density at radius 1 is 0.946 bits per heavy atom. The van der Waals surface area contributed by atoms with Crippen LogP contribution in [-0.2, 0) is 27.4 Å². The molecule has 1 aliphatic heterocycles. The number of amides is 1. The summed E-state index contributed by atoms with van der Waals surface area (Å²) in [6.07, 6.45) is -0.195. The van der Waals surface area contributed by atoms with Crippen LogP contribution in [0.2, 0.25) is 0 Å². The number of hydrogen-bond acceptors (Lipinski definition) is 5. The number of rotatable bonds is 8. The van der Waals surface area contributed by atoms with E-state index in [0.29, 0.717) is 12.1 Å². The van der Waals surface area contributed by atoms with Gasteiger partial charge >= 0.3 is 0 Å². The molecular formula is C28H29Cl3N2O4. The van der Waals surface area contributed by atoms with Crippen LogP contribution in [0.15, 0.2) is 78.9 Å². The van der Waals surface area contributed by atoms with Crippen LogP contribution in [0.5, 0.6) is 0 Å². The molecule has 3 atom stereocenters. The molecule has 37 heavy (non-hydrogen) atoms. The second-order valence-electron chi connectivity index (χ2n) is 9.11. The lowest BCUT2D eigenvalue weighted by molar-refractivity contribution is -0.252. The fourth-order valence-corrected chi connectivity index (χ4v) is 4.41. The van der Waals surface area contributed by atoms with Gasteiger partial charge in [0, 0.05) is 30.8 Å².